The van der Waals surface area contributed by atoms with Crippen LogP contribution in [0.15, 0.2) is 65.8 Å². The number of aryl methyl sites for hydroxylation is 1. The molecule has 0 saturated carbocycles. The molecule has 1 unspecified atom stereocenters. The number of carbonyl (C=O) groups is 5. The monoisotopic (exact) mass is 973 g/mol. The number of amides is 5. The number of carbonyl (C=O) groups excluding carboxylic acids is 5. The molecule has 5 aromatic rings. The Hall–Kier alpha value is -7.02. The number of piperidine rings is 2. The molecule has 12 rings (SSSR count). The minimum absolute atomic E-state index is 0.0835. The summed E-state index contributed by atoms with van der Waals surface area (Å²) in [6.45, 7) is 11.7. The summed E-state index contributed by atoms with van der Waals surface area (Å²) < 4.78 is 3.66. The summed E-state index contributed by atoms with van der Waals surface area (Å²) in [5.41, 5.74) is 8.93. The number of hydrogen-bond acceptors (Lipinski definition) is 13. The number of pyridine rings is 3. The van der Waals surface area contributed by atoms with Gasteiger partial charge in [0.25, 0.3) is 23.3 Å². The van der Waals surface area contributed by atoms with Crippen molar-refractivity contribution in [1.29, 1.82) is 0 Å². The van der Waals surface area contributed by atoms with Crippen molar-refractivity contribution < 1.29 is 29.1 Å². The van der Waals surface area contributed by atoms with Crippen LogP contribution in [0.3, 0.4) is 0 Å². The summed E-state index contributed by atoms with van der Waals surface area (Å²) in [6.07, 6.45) is 9.92. The number of aliphatic hydroxyl groups excluding tert-OH is 1. The third-order valence-electron chi connectivity index (χ3n) is 16.5. The SMILES string of the molecule is C[C@H]1CN([C@H]2CCN3Cc4ccc5c(c4C[C@@H]3C2)C(=O)N(C2CCC(=O)NC2=O)C5=O)CCN1c1ccc(Nc2cc(-c3ccnc(N4CCn5c(cc6c5CC(C)(C)C6)C4=O)c3CO)cn(C)c2=O)nc1. The first kappa shape index (κ1) is 46.1. The summed E-state index contributed by atoms with van der Waals surface area (Å²) in [6, 6.07) is 13.0. The quantitative estimate of drug-likeness (QED) is 0.188. The second kappa shape index (κ2) is 17.3. The Morgan fingerprint density at radius 1 is 0.847 bits per heavy atom. The van der Waals surface area contributed by atoms with E-state index in [1.165, 1.54) is 15.8 Å². The second-order valence-corrected chi connectivity index (χ2v) is 21.6. The summed E-state index contributed by atoms with van der Waals surface area (Å²) >= 11 is 0. The van der Waals surface area contributed by atoms with Crippen molar-refractivity contribution in [2.24, 2.45) is 12.5 Å². The maximum atomic E-state index is 14.0. The standard InChI is InChI=1S/C54H59N11O7/c1-30-26-61(34-12-14-60-28-31-5-7-38-47(39(31)22-36(60)21-34)53(72)65(50(38)69)42-8-10-46(67)58-49(42)68)15-16-62(30)35-6-9-45(56-25-35)57-41-19-33(27-59(4)51(41)70)37-11-13-55-48(40(37)29-66)64-18-17-63-43(52(64)71)20-32-23-54(2,3)24-44(32)63/h5-7,9,11,13,19-20,25,27,30,34,36,42,66H,8,10,12,14-18,21-24,26,28-29H2,1-4H3,(H,56,57)(H,58,67,68)/t30-,34-,36-,42?/m0/s1. The molecule has 3 fully saturated rings. The molecule has 0 radical (unpaired) electrons. The molecule has 0 spiro atoms. The van der Waals surface area contributed by atoms with Crippen LogP contribution in [0.25, 0.3) is 11.1 Å². The number of imide groups is 2. The van der Waals surface area contributed by atoms with Crippen LogP contribution in [0.5, 0.6) is 0 Å². The highest BCUT2D eigenvalue weighted by Crippen LogP contribution is 2.42. The van der Waals surface area contributed by atoms with Crippen molar-refractivity contribution in [1.82, 2.24) is 39.1 Å². The highest BCUT2D eigenvalue weighted by molar-refractivity contribution is 6.24. The van der Waals surface area contributed by atoms with Crippen molar-refractivity contribution in [3.05, 3.63) is 116 Å². The lowest BCUT2D eigenvalue weighted by Gasteiger charge is -2.49. The van der Waals surface area contributed by atoms with E-state index in [9.17, 15) is 33.9 Å². The largest absolute Gasteiger partial charge is 0.392 e. The van der Waals surface area contributed by atoms with E-state index in [1.54, 1.807) is 42.5 Å². The number of rotatable bonds is 8. The van der Waals surface area contributed by atoms with Crippen molar-refractivity contribution >= 4 is 52.5 Å². The molecule has 5 amide bonds. The van der Waals surface area contributed by atoms with E-state index < -0.39 is 29.7 Å². The third kappa shape index (κ3) is 7.64. The van der Waals surface area contributed by atoms with E-state index in [0.29, 0.717) is 82.9 Å². The number of piperazine rings is 1. The summed E-state index contributed by atoms with van der Waals surface area (Å²) in [5, 5.41) is 16.4. The van der Waals surface area contributed by atoms with Crippen LogP contribution >= 0.6 is 0 Å². The molecular formula is C54H59N11O7. The van der Waals surface area contributed by atoms with E-state index in [4.69, 9.17) is 4.98 Å². The number of aromatic nitrogens is 4. The van der Waals surface area contributed by atoms with Gasteiger partial charge in [-0.3, -0.25) is 53.7 Å². The lowest BCUT2D eigenvalue weighted by molar-refractivity contribution is -0.136. The van der Waals surface area contributed by atoms with Crippen LogP contribution in [0.4, 0.5) is 23.0 Å². The maximum Gasteiger partial charge on any atom is 0.276 e. The number of benzene rings is 1. The van der Waals surface area contributed by atoms with Crippen LogP contribution in [0.1, 0.15) is 106 Å². The summed E-state index contributed by atoms with van der Waals surface area (Å²) in [7, 11) is 1.69. The molecule has 3 N–H and O–H groups in total. The minimum Gasteiger partial charge on any atom is -0.392 e. The maximum absolute atomic E-state index is 14.0. The fraction of sp³-hybridized carbons (Fsp3) is 0.444. The predicted molar refractivity (Wildman–Crippen MR) is 268 cm³/mol. The fourth-order valence-corrected chi connectivity index (χ4v) is 13.0. The molecule has 18 heteroatoms. The zero-order valence-corrected chi connectivity index (χ0v) is 41.1. The van der Waals surface area contributed by atoms with Crippen LogP contribution in [0.2, 0.25) is 0 Å². The fourth-order valence-electron chi connectivity index (χ4n) is 13.0. The lowest BCUT2D eigenvalue weighted by Crippen LogP contribution is -2.59. The Bertz CT molecular complexity index is 3200. The number of nitrogens with zero attached hydrogens (tertiary/aromatic N) is 9. The smallest absolute Gasteiger partial charge is 0.276 e. The van der Waals surface area contributed by atoms with E-state index in [1.807, 2.05) is 30.5 Å². The molecule has 3 saturated heterocycles. The van der Waals surface area contributed by atoms with E-state index >= 15 is 0 Å². The summed E-state index contributed by atoms with van der Waals surface area (Å²) in [4.78, 5) is 99.3. The van der Waals surface area contributed by atoms with E-state index in [-0.39, 0.29) is 48.4 Å². The van der Waals surface area contributed by atoms with Crippen LogP contribution in [-0.2, 0) is 55.6 Å². The van der Waals surface area contributed by atoms with Gasteiger partial charge in [0.2, 0.25) is 11.8 Å². The first-order chi connectivity index (χ1) is 34.6. The van der Waals surface area contributed by atoms with Gasteiger partial charge >= 0.3 is 0 Å². The van der Waals surface area contributed by atoms with Crippen LogP contribution < -0.4 is 26.0 Å². The average Bonchev–Trinajstić information content (AvgIpc) is 3.95. The van der Waals surface area contributed by atoms with Crippen LogP contribution in [-0.4, -0.2) is 125 Å². The molecule has 1 aliphatic carbocycles. The van der Waals surface area contributed by atoms with Gasteiger partial charge in [-0.15, -0.1) is 0 Å². The van der Waals surface area contributed by atoms with Gasteiger partial charge in [0.05, 0.1) is 29.6 Å². The van der Waals surface area contributed by atoms with E-state index in [0.717, 1.165) is 73.6 Å². The Kier molecular flexibility index (Phi) is 11.1. The number of hydrogen-bond donors (Lipinski definition) is 3. The molecule has 372 valence electrons. The van der Waals surface area contributed by atoms with Gasteiger partial charge in [0.1, 0.15) is 29.1 Å². The average molecular weight is 974 g/mol. The van der Waals surface area contributed by atoms with Gasteiger partial charge in [-0.1, -0.05) is 19.9 Å². The van der Waals surface area contributed by atoms with Gasteiger partial charge in [0, 0.05) is 107 Å². The molecule has 7 aliphatic rings. The molecule has 4 aromatic heterocycles. The first-order valence-corrected chi connectivity index (χ1v) is 25.3. The minimum atomic E-state index is -0.991. The number of fused-ring (bicyclic) bond motifs is 7. The molecular weight excluding hydrogens is 915 g/mol. The highest BCUT2D eigenvalue weighted by atomic mass is 16.3. The van der Waals surface area contributed by atoms with Gasteiger partial charge in [-0.2, -0.15) is 0 Å². The highest BCUT2D eigenvalue weighted by Gasteiger charge is 2.48. The Morgan fingerprint density at radius 2 is 1.69 bits per heavy atom. The molecule has 0 bridgehead atoms. The van der Waals surface area contributed by atoms with Gasteiger partial charge in [0.15, 0.2) is 0 Å². The zero-order chi connectivity index (χ0) is 49.9. The van der Waals surface area contributed by atoms with Crippen LogP contribution in [0, 0.1) is 5.41 Å². The molecule has 1 aromatic carbocycles. The lowest BCUT2D eigenvalue weighted by atomic mass is 9.83. The molecule has 6 aliphatic heterocycles. The normalized spacial score (nSPS) is 24.0. The van der Waals surface area contributed by atoms with Gasteiger partial charge in [-0.05, 0) is 110 Å². The van der Waals surface area contributed by atoms with Gasteiger partial charge in [-0.25, -0.2) is 9.97 Å². The molecule has 72 heavy (non-hydrogen) atoms. The Labute approximate surface area is 416 Å². The third-order valence-corrected chi connectivity index (χ3v) is 16.5. The summed E-state index contributed by atoms with van der Waals surface area (Å²) in [5.74, 6) is -1.12. The molecule has 18 nitrogen and oxygen atoms in total. The van der Waals surface area contributed by atoms with Crippen molar-refractivity contribution in [3.63, 3.8) is 0 Å². The number of nitrogens with one attached hydrogen (secondary N) is 2. The number of anilines is 4. The first-order valence-electron chi connectivity index (χ1n) is 25.3. The molecule has 4 atom stereocenters. The van der Waals surface area contributed by atoms with Crippen molar-refractivity contribution in [2.45, 2.75) is 110 Å². The Balaban J connectivity index is 0.702. The second-order valence-electron chi connectivity index (χ2n) is 21.6. The zero-order valence-electron chi connectivity index (χ0n) is 41.1. The van der Waals surface area contributed by atoms with Crippen molar-refractivity contribution in [3.8, 4) is 11.1 Å². The van der Waals surface area contributed by atoms with Gasteiger partial charge < -0.3 is 24.5 Å². The predicted octanol–water partition coefficient (Wildman–Crippen LogP) is 4.17. The Morgan fingerprint density at radius 3 is 2.47 bits per heavy atom. The molecule has 10 heterocycles. The van der Waals surface area contributed by atoms with Crippen molar-refractivity contribution in [2.75, 3.05) is 47.8 Å². The van der Waals surface area contributed by atoms with E-state index in [2.05, 4.69) is 55.7 Å². The number of aliphatic hydroxyl groups is 1. The topological polar surface area (TPSA) is 199 Å².